The molecule has 0 amide bonds. The molecule has 1 N–H and O–H groups in total. The van der Waals surface area contributed by atoms with Gasteiger partial charge in [-0.25, -0.2) is 4.98 Å². The Bertz CT molecular complexity index is 396. The lowest BCUT2D eigenvalue weighted by molar-refractivity contribution is 0.680. The summed E-state index contributed by atoms with van der Waals surface area (Å²) in [5, 5.41) is 4.80. The highest BCUT2D eigenvalue weighted by molar-refractivity contribution is 7.15. The van der Waals surface area contributed by atoms with Crippen LogP contribution in [0, 0.1) is 0 Å². The van der Waals surface area contributed by atoms with E-state index in [-0.39, 0.29) is 0 Å². The molecule has 108 valence electrons. The average Bonchev–Trinajstić information content (AvgIpc) is 3.11. The SMILES string of the molecule is CCCCN(C)c1nc(C(C)C)c(CNC2CC2)s1. The summed E-state index contributed by atoms with van der Waals surface area (Å²) in [5.74, 6) is 0.514. The summed E-state index contributed by atoms with van der Waals surface area (Å²) in [6.07, 6.45) is 5.17. The first-order valence-electron chi connectivity index (χ1n) is 7.56. The van der Waals surface area contributed by atoms with E-state index >= 15 is 0 Å². The lowest BCUT2D eigenvalue weighted by Gasteiger charge is -2.14. The Hall–Kier alpha value is -0.610. The molecule has 3 nitrogen and oxygen atoms in total. The van der Waals surface area contributed by atoms with Gasteiger partial charge in [0.05, 0.1) is 5.69 Å². The molecule has 0 aromatic carbocycles. The van der Waals surface area contributed by atoms with Crippen molar-refractivity contribution in [3.05, 3.63) is 10.6 Å². The van der Waals surface area contributed by atoms with Gasteiger partial charge >= 0.3 is 0 Å². The number of thiazole rings is 1. The highest BCUT2D eigenvalue weighted by Gasteiger charge is 2.22. The van der Waals surface area contributed by atoms with Crippen molar-refractivity contribution in [3.8, 4) is 0 Å². The van der Waals surface area contributed by atoms with Crippen LogP contribution in [-0.4, -0.2) is 24.6 Å². The normalized spacial score (nSPS) is 15.2. The van der Waals surface area contributed by atoms with Gasteiger partial charge in [0.1, 0.15) is 0 Å². The van der Waals surface area contributed by atoms with Crippen molar-refractivity contribution in [2.45, 2.75) is 65.0 Å². The van der Waals surface area contributed by atoms with E-state index in [4.69, 9.17) is 4.98 Å². The number of unbranched alkanes of at least 4 members (excludes halogenated alkanes) is 1. The first-order chi connectivity index (χ1) is 9.11. The molecule has 1 heterocycles. The van der Waals surface area contributed by atoms with E-state index in [9.17, 15) is 0 Å². The Kier molecular flexibility index (Phi) is 5.22. The molecule has 0 spiro atoms. The van der Waals surface area contributed by atoms with Crippen LogP contribution in [0.2, 0.25) is 0 Å². The third kappa shape index (κ3) is 4.18. The van der Waals surface area contributed by atoms with Crippen molar-refractivity contribution >= 4 is 16.5 Å². The molecule has 1 saturated carbocycles. The highest BCUT2D eigenvalue weighted by atomic mass is 32.1. The fourth-order valence-electron chi connectivity index (χ4n) is 2.11. The molecule has 0 unspecified atom stereocenters. The Balaban J connectivity index is 2.04. The second kappa shape index (κ2) is 6.71. The number of rotatable bonds is 8. The van der Waals surface area contributed by atoms with E-state index in [0.717, 1.165) is 19.1 Å². The quantitative estimate of drug-likeness (QED) is 0.786. The van der Waals surface area contributed by atoms with E-state index in [1.165, 1.54) is 41.4 Å². The van der Waals surface area contributed by atoms with Gasteiger partial charge in [-0.3, -0.25) is 0 Å². The minimum Gasteiger partial charge on any atom is -0.351 e. The van der Waals surface area contributed by atoms with E-state index in [1.807, 2.05) is 11.3 Å². The van der Waals surface area contributed by atoms with E-state index in [1.54, 1.807) is 0 Å². The minimum absolute atomic E-state index is 0.514. The van der Waals surface area contributed by atoms with Crippen molar-refractivity contribution in [2.75, 3.05) is 18.5 Å². The Morgan fingerprint density at radius 1 is 1.42 bits per heavy atom. The number of hydrogen-bond donors (Lipinski definition) is 1. The van der Waals surface area contributed by atoms with Gasteiger partial charge in [-0.05, 0) is 25.2 Å². The largest absolute Gasteiger partial charge is 0.351 e. The molecule has 1 aliphatic carbocycles. The number of hydrogen-bond acceptors (Lipinski definition) is 4. The second-order valence-corrected chi connectivity index (χ2v) is 6.95. The maximum atomic E-state index is 4.87. The summed E-state index contributed by atoms with van der Waals surface area (Å²) in [7, 11) is 2.16. The zero-order valence-electron chi connectivity index (χ0n) is 12.7. The predicted octanol–water partition coefficient (Wildman–Crippen LogP) is 3.75. The Morgan fingerprint density at radius 3 is 2.74 bits per heavy atom. The van der Waals surface area contributed by atoms with Crippen LogP contribution in [0.25, 0.3) is 0 Å². The summed E-state index contributed by atoms with van der Waals surface area (Å²) >= 11 is 1.87. The fourth-order valence-corrected chi connectivity index (χ4v) is 3.26. The maximum Gasteiger partial charge on any atom is 0.185 e. The summed E-state index contributed by atoms with van der Waals surface area (Å²) in [4.78, 5) is 8.60. The van der Waals surface area contributed by atoms with Crippen molar-refractivity contribution in [3.63, 3.8) is 0 Å². The van der Waals surface area contributed by atoms with Crippen molar-refractivity contribution in [1.82, 2.24) is 10.3 Å². The zero-order chi connectivity index (χ0) is 13.8. The van der Waals surface area contributed by atoms with E-state index in [2.05, 4.69) is 38.0 Å². The van der Waals surface area contributed by atoms with Crippen LogP contribution in [0.1, 0.15) is 62.9 Å². The monoisotopic (exact) mass is 281 g/mol. The molecule has 4 heteroatoms. The summed E-state index contributed by atoms with van der Waals surface area (Å²) in [6.45, 7) is 8.83. The molecule has 0 atom stereocenters. The zero-order valence-corrected chi connectivity index (χ0v) is 13.5. The van der Waals surface area contributed by atoms with Gasteiger partial charge in [0.2, 0.25) is 0 Å². The van der Waals surface area contributed by atoms with Gasteiger partial charge < -0.3 is 10.2 Å². The molecule has 19 heavy (non-hydrogen) atoms. The molecule has 1 aliphatic rings. The standard InChI is InChI=1S/C15H27N3S/c1-5-6-9-18(4)15-17-14(11(2)3)13(19-15)10-16-12-7-8-12/h11-12,16H,5-10H2,1-4H3. The maximum absolute atomic E-state index is 4.87. The molecule has 0 radical (unpaired) electrons. The van der Waals surface area contributed by atoms with Crippen molar-refractivity contribution in [1.29, 1.82) is 0 Å². The van der Waals surface area contributed by atoms with Crippen LogP contribution in [0.4, 0.5) is 5.13 Å². The van der Waals surface area contributed by atoms with Crippen LogP contribution in [-0.2, 0) is 6.54 Å². The first kappa shape index (κ1) is 14.8. The molecule has 0 bridgehead atoms. The smallest absolute Gasteiger partial charge is 0.185 e. The Morgan fingerprint density at radius 2 is 2.16 bits per heavy atom. The van der Waals surface area contributed by atoms with Crippen LogP contribution in [0.3, 0.4) is 0 Å². The third-order valence-electron chi connectivity index (χ3n) is 3.57. The van der Waals surface area contributed by atoms with Crippen LogP contribution < -0.4 is 10.2 Å². The van der Waals surface area contributed by atoms with Gasteiger partial charge in [-0.15, -0.1) is 11.3 Å². The summed E-state index contributed by atoms with van der Waals surface area (Å²) in [6, 6.07) is 0.767. The fraction of sp³-hybridized carbons (Fsp3) is 0.800. The van der Waals surface area contributed by atoms with Gasteiger partial charge in [0.25, 0.3) is 0 Å². The average molecular weight is 281 g/mol. The number of nitrogens with one attached hydrogen (secondary N) is 1. The third-order valence-corrected chi connectivity index (χ3v) is 4.75. The van der Waals surface area contributed by atoms with Crippen molar-refractivity contribution in [2.24, 2.45) is 0 Å². The lowest BCUT2D eigenvalue weighted by atomic mass is 10.1. The topological polar surface area (TPSA) is 28.2 Å². The van der Waals surface area contributed by atoms with E-state index in [0.29, 0.717) is 5.92 Å². The predicted molar refractivity (Wildman–Crippen MR) is 84.2 cm³/mol. The molecule has 0 aliphatic heterocycles. The molecule has 1 aromatic rings. The van der Waals surface area contributed by atoms with Gasteiger partial charge in [-0.1, -0.05) is 27.2 Å². The summed E-state index contributed by atoms with van der Waals surface area (Å²) in [5.41, 5.74) is 1.29. The number of anilines is 1. The van der Waals surface area contributed by atoms with E-state index < -0.39 is 0 Å². The van der Waals surface area contributed by atoms with Crippen LogP contribution >= 0.6 is 11.3 Å². The molecule has 0 saturated heterocycles. The lowest BCUT2D eigenvalue weighted by Crippen LogP contribution is -2.18. The number of nitrogens with zero attached hydrogens (tertiary/aromatic N) is 2. The molecular weight excluding hydrogens is 254 g/mol. The molecule has 1 aromatic heterocycles. The van der Waals surface area contributed by atoms with Gasteiger partial charge in [0, 0.05) is 31.1 Å². The van der Waals surface area contributed by atoms with Crippen molar-refractivity contribution < 1.29 is 0 Å². The summed E-state index contributed by atoms with van der Waals surface area (Å²) < 4.78 is 0. The second-order valence-electron chi connectivity index (χ2n) is 5.89. The highest BCUT2D eigenvalue weighted by Crippen LogP contribution is 2.31. The van der Waals surface area contributed by atoms with Crippen LogP contribution in [0.15, 0.2) is 0 Å². The van der Waals surface area contributed by atoms with Crippen LogP contribution in [0.5, 0.6) is 0 Å². The molecular formula is C15H27N3S. The minimum atomic E-state index is 0.514. The first-order valence-corrected chi connectivity index (χ1v) is 8.37. The van der Waals surface area contributed by atoms with Gasteiger partial charge in [0.15, 0.2) is 5.13 Å². The Labute approximate surface area is 121 Å². The van der Waals surface area contributed by atoms with Gasteiger partial charge in [-0.2, -0.15) is 0 Å². The molecule has 1 fully saturated rings. The molecule has 2 rings (SSSR count). The number of aromatic nitrogens is 1.